The summed E-state index contributed by atoms with van der Waals surface area (Å²) in [4.78, 5) is 6.88. The third-order valence-corrected chi connectivity index (χ3v) is 4.17. The molecule has 0 amide bonds. The van der Waals surface area contributed by atoms with Gasteiger partial charge in [-0.25, -0.2) is 0 Å². The molecule has 6 nitrogen and oxygen atoms in total. The molecule has 0 saturated carbocycles. The molecule has 1 aliphatic rings. The number of piperazine rings is 1. The zero-order valence-electron chi connectivity index (χ0n) is 13.8. The van der Waals surface area contributed by atoms with E-state index in [-0.39, 0.29) is 6.04 Å². The topological polar surface area (TPSA) is 63.4 Å². The molecule has 1 N–H and O–H groups in total. The number of aromatic nitrogens is 2. The van der Waals surface area contributed by atoms with Gasteiger partial charge in [-0.05, 0) is 12.5 Å². The van der Waals surface area contributed by atoms with E-state index in [2.05, 4.69) is 39.4 Å². The van der Waals surface area contributed by atoms with Gasteiger partial charge in [-0.15, -0.1) is 0 Å². The van der Waals surface area contributed by atoms with Crippen LogP contribution in [0.1, 0.15) is 36.7 Å². The molecule has 1 aromatic carbocycles. The van der Waals surface area contributed by atoms with Gasteiger partial charge in [-0.1, -0.05) is 30.3 Å². The van der Waals surface area contributed by atoms with Crippen molar-refractivity contribution in [2.24, 2.45) is 0 Å². The maximum absolute atomic E-state index is 5.53. The van der Waals surface area contributed by atoms with E-state index in [0.717, 1.165) is 49.9 Å². The number of hydrogen-bond acceptors (Lipinski definition) is 6. The third kappa shape index (κ3) is 3.71. The molecule has 1 aromatic heterocycles. The number of benzene rings is 1. The first-order valence-corrected chi connectivity index (χ1v) is 8.21. The van der Waals surface area contributed by atoms with Crippen molar-refractivity contribution in [1.82, 2.24) is 20.4 Å². The Bertz CT molecular complexity index is 629. The van der Waals surface area contributed by atoms with Crippen LogP contribution in [0.4, 0.5) is 0 Å². The summed E-state index contributed by atoms with van der Waals surface area (Å²) >= 11 is 0. The van der Waals surface area contributed by atoms with Crippen LogP contribution in [0.5, 0.6) is 5.75 Å². The Morgan fingerprint density at radius 2 is 2.26 bits per heavy atom. The Morgan fingerprint density at radius 3 is 3.09 bits per heavy atom. The fourth-order valence-electron chi connectivity index (χ4n) is 3.04. The Kier molecular flexibility index (Phi) is 5.25. The smallest absolute Gasteiger partial charge is 0.226 e. The van der Waals surface area contributed by atoms with E-state index < -0.39 is 0 Å². The van der Waals surface area contributed by atoms with Crippen LogP contribution in [0.25, 0.3) is 0 Å². The van der Waals surface area contributed by atoms with E-state index >= 15 is 0 Å². The molecule has 3 rings (SSSR count). The van der Waals surface area contributed by atoms with E-state index in [4.69, 9.17) is 9.26 Å². The first kappa shape index (κ1) is 16.0. The maximum Gasteiger partial charge on any atom is 0.226 e. The Balaban J connectivity index is 1.78. The number of methoxy groups -OCH3 is 1. The molecular formula is C17H24N4O2. The van der Waals surface area contributed by atoms with Crippen molar-refractivity contribution >= 4 is 0 Å². The molecule has 0 bridgehead atoms. The predicted molar refractivity (Wildman–Crippen MR) is 87.3 cm³/mol. The number of aryl methyl sites for hydroxylation is 1. The fraction of sp³-hybridized carbons (Fsp3) is 0.529. The van der Waals surface area contributed by atoms with Crippen LogP contribution in [0.15, 0.2) is 28.8 Å². The van der Waals surface area contributed by atoms with Crippen molar-refractivity contribution in [2.75, 3.05) is 26.7 Å². The summed E-state index contributed by atoms with van der Waals surface area (Å²) in [5.74, 6) is 2.41. The third-order valence-electron chi connectivity index (χ3n) is 4.17. The lowest BCUT2D eigenvalue weighted by molar-refractivity contribution is 0.146. The van der Waals surface area contributed by atoms with Gasteiger partial charge in [0, 0.05) is 31.6 Å². The Labute approximate surface area is 136 Å². The molecular weight excluding hydrogens is 292 g/mol. The number of hydrogen-bond donors (Lipinski definition) is 1. The fourth-order valence-corrected chi connectivity index (χ4v) is 3.04. The standard InChI is InChI=1S/C17H24N4O2/c1-3-6-17-19-16(20-23-17)12-21-10-9-18-11-14(21)13-7-4-5-8-15(13)22-2/h4-5,7-8,14,18H,3,6,9-12H2,1-2H3. The van der Waals surface area contributed by atoms with Crippen LogP contribution in [-0.4, -0.2) is 41.8 Å². The van der Waals surface area contributed by atoms with Crippen molar-refractivity contribution in [1.29, 1.82) is 0 Å². The van der Waals surface area contributed by atoms with Gasteiger partial charge in [-0.3, -0.25) is 4.90 Å². The second-order valence-electron chi connectivity index (χ2n) is 5.79. The Hall–Kier alpha value is -1.92. The summed E-state index contributed by atoms with van der Waals surface area (Å²) in [6.45, 7) is 5.60. The number of ether oxygens (including phenoxy) is 1. The van der Waals surface area contributed by atoms with Crippen LogP contribution >= 0.6 is 0 Å². The van der Waals surface area contributed by atoms with Gasteiger partial charge in [0.25, 0.3) is 0 Å². The van der Waals surface area contributed by atoms with Gasteiger partial charge in [-0.2, -0.15) is 4.98 Å². The average molecular weight is 316 g/mol. The van der Waals surface area contributed by atoms with Crippen LogP contribution < -0.4 is 10.1 Å². The van der Waals surface area contributed by atoms with Crippen LogP contribution in [0.2, 0.25) is 0 Å². The van der Waals surface area contributed by atoms with Gasteiger partial charge in [0.05, 0.1) is 19.7 Å². The second kappa shape index (κ2) is 7.57. The van der Waals surface area contributed by atoms with Crippen LogP contribution in [0, 0.1) is 0 Å². The molecule has 1 fully saturated rings. The minimum atomic E-state index is 0.244. The van der Waals surface area contributed by atoms with E-state index in [1.54, 1.807) is 7.11 Å². The molecule has 0 radical (unpaired) electrons. The zero-order valence-corrected chi connectivity index (χ0v) is 13.8. The molecule has 0 aliphatic carbocycles. The monoisotopic (exact) mass is 316 g/mol. The summed E-state index contributed by atoms with van der Waals surface area (Å²) in [5, 5.41) is 7.58. The largest absolute Gasteiger partial charge is 0.496 e. The van der Waals surface area contributed by atoms with Crippen molar-refractivity contribution in [3.05, 3.63) is 41.5 Å². The molecule has 1 saturated heterocycles. The highest BCUT2D eigenvalue weighted by Crippen LogP contribution is 2.30. The van der Waals surface area contributed by atoms with Crippen molar-refractivity contribution in [2.45, 2.75) is 32.4 Å². The van der Waals surface area contributed by atoms with Crippen LogP contribution in [-0.2, 0) is 13.0 Å². The van der Waals surface area contributed by atoms with E-state index in [9.17, 15) is 0 Å². The summed E-state index contributed by atoms with van der Waals surface area (Å²) in [5.41, 5.74) is 1.19. The van der Waals surface area contributed by atoms with Crippen molar-refractivity contribution in [3.8, 4) is 5.75 Å². The highest BCUT2D eigenvalue weighted by atomic mass is 16.5. The predicted octanol–water partition coefficient (Wildman–Crippen LogP) is 2.18. The molecule has 2 aromatic rings. The molecule has 124 valence electrons. The molecule has 1 unspecified atom stereocenters. The Morgan fingerprint density at radius 1 is 1.39 bits per heavy atom. The quantitative estimate of drug-likeness (QED) is 0.881. The highest BCUT2D eigenvalue weighted by Gasteiger charge is 2.27. The molecule has 0 spiro atoms. The molecule has 1 atom stereocenters. The highest BCUT2D eigenvalue weighted by molar-refractivity contribution is 5.36. The van der Waals surface area contributed by atoms with Gasteiger partial charge in [0.1, 0.15) is 5.75 Å². The minimum Gasteiger partial charge on any atom is -0.496 e. The van der Waals surface area contributed by atoms with Gasteiger partial charge >= 0.3 is 0 Å². The molecule has 2 heterocycles. The minimum absolute atomic E-state index is 0.244. The van der Waals surface area contributed by atoms with E-state index in [0.29, 0.717) is 6.54 Å². The number of para-hydroxylation sites is 1. The second-order valence-corrected chi connectivity index (χ2v) is 5.79. The number of nitrogens with one attached hydrogen (secondary N) is 1. The van der Waals surface area contributed by atoms with Gasteiger partial charge in [0.15, 0.2) is 5.82 Å². The summed E-state index contributed by atoms with van der Waals surface area (Å²) < 4.78 is 10.8. The maximum atomic E-state index is 5.53. The molecule has 6 heteroatoms. The first-order valence-electron chi connectivity index (χ1n) is 8.21. The van der Waals surface area contributed by atoms with Gasteiger partial charge in [0.2, 0.25) is 5.89 Å². The number of rotatable bonds is 6. The lowest BCUT2D eigenvalue weighted by Crippen LogP contribution is -2.45. The number of nitrogens with zero attached hydrogens (tertiary/aromatic N) is 3. The molecule has 1 aliphatic heterocycles. The average Bonchev–Trinajstić information content (AvgIpc) is 3.03. The SMILES string of the molecule is CCCc1nc(CN2CCNCC2c2ccccc2OC)no1. The summed E-state index contributed by atoms with van der Waals surface area (Å²) in [7, 11) is 1.72. The van der Waals surface area contributed by atoms with E-state index in [1.165, 1.54) is 5.56 Å². The lowest BCUT2D eigenvalue weighted by atomic mass is 10.0. The van der Waals surface area contributed by atoms with Crippen LogP contribution in [0.3, 0.4) is 0 Å². The lowest BCUT2D eigenvalue weighted by Gasteiger charge is -2.36. The first-order chi connectivity index (χ1) is 11.3. The molecule has 23 heavy (non-hydrogen) atoms. The summed E-state index contributed by atoms with van der Waals surface area (Å²) in [6.07, 6.45) is 1.85. The zero-order chi connectivity index (χ0) is 16.1. The normalized spacial score (nSPS) is 19.0. The van der Waals surface area contributed by atoms with Crippen molar-refractivity contribution < 1.29 is 9.26 Å². The van der Waals surface area contributed by atoms with Crippen molar-refractivity contribution in [3.63, 3.8) is 0 Å². The van der Waals surface area contributed by atoms with E-state index in [1.807, 2.05) is 12.1 Å². The summed E-state index contributed by atoms with van der Waals surface area (Å²) in [6, 6.07) is 8.43. The van der Waals surface area contributed by atoms with Gasteiger partial charge < -0.3 is 14.6 Å².